The lowest BCUT2D eigenvalue weighted by atomic mass is 10.2. The standard InChI is InChI=1S/C13H14N2O2/c1-16-13-12(17-10-7-14-8-10)6-9-4-2-3-5-11(9)15-13/h2-6,10,14H,7-8H2,1H3. The second-order valence-corrected chi connectivity index (χ2v) is 4.09. The number of hydrogen-bond donors (Lipinski definition) is 1. The Morgan fingerprint density at radius 3 is 2.82 bits per heavy atom. The number of fused-ring (bicyclic) bond motifs is 1. The Morgan fingerprint density at radius 1 is 1.29 bits per heavy atom. The summed E-state index contributed by atoms with van der Waals surface area (Å²) in [6, 6.07) is 9.93. The molecule has 0 saturated carbocycles. The Morgan fingerprint density at radius 2 is 2.12 bits per heavy atom. The van der Waals surface area contributed by atoms with Crippen molar-refractivity contribution in [1.29, 1.82) is 0 Å². The third-order valence-corrected chi connectivity index (χ3v) is 2.89. The molecule has 1 aliphatic rings. The summed E-state index contributed by atoms with van der Waals surface area (Å²) in [5.41, 5.74) is 0.920. The van der Waals surface area contributed by atoms with Gasteiger partial charge in [0.15, 0.2) is 5.75 Å². The number of rotatable bonds is 3. The van der Waals surface area contributed by atoms with Gasteiger partial charge in [0.05, 0.1) is 12.6 Å². The zero-order chi connectivity index (χ0) is 11.7. The van der Waals surface area contributed by atoms with E-state index in [1.165, 1.54) is 0 Å². The topological polar surface area (TPSA) is 43.4 Å². The van der Waals surface area contributed by atoms with Crippen LogP contribution in [-0.2, 0) is 0 Å². The normalized spacial score (nSPS) is 15.6. The quantitative estimate of drug-likeness (QED) is 0.869. The fourth-order valence-electron chi connectivity index (χ4n) is 1.83. The number of methoxy groups -OCH3 is 1. The van der Waals surface area contributed by atoms with Gasteiger partial charge in [-0.25, -0.2) is 4.98 Å². The lowest BCUT2D eigenvalue weighted by Gasteiger charge is -2.28. The third kappa shape index (κ3) is 1.91. The molecule has 0 radical (unpaired) electrons. The first-order valence-corrected chi connectivity index (χ1v) is 5.68. The molecular formula is C13H14N2O2. The maximum absolute atomic E-state index is 5.83. The zero-order valence-corrected chi connectivity index (χ0v) is 9.64. The maximum Gasteiger partial charge on any atom is 0.257 e. The average Bonchev–Trinajstić information content (AvgIpc) is 2.32. The second kappa shape index (κ2) is 4.22. The molecule has 3 rings (SSSR count). The number of para-hydroxylation sites is 1. The molecule has 1 N–H and O–H groups in total. The van der Waals surface area contributed by atoms with Crippen LogP contribution in [0.5, 0.6) is 11.6 Å². The van der Waals surface area contributed by atoms with Crippen LogP contribution in [0.2, 0.25) is 0 Å². The van der Waals surface area contributed by atoms with Gasteiger partial charge in [0, 0.05) is 18.5 Å². The van der Waals surface area contributed by atoms with Gasteiger partial charge in [-0.3, -0.25) is 0 Å². The van der Waals surface area contributed by atoms with Crippen LogP contribution in [0, 0.1) is 0 Å². The summed E-state index contributed by atoms with van der Waals surface area (Å²) in [7, 11) is 1.61. The van der Waals surface area contributed by atoms with E-state index in [4.69, 9.17) is 9.47 Å². The number of benzene rings is 1. The van der Waals surface area contributed by atoms with Crippen LogP contribution >= 0.6 is 0 Å². The van der Waals surface area contributed by atoms with E-state index in [1.54, 1.807) is 7.11 Å². The van der Waals surface area contributed by atoms with Gasteiger partial charge >= 0.3 is 0 Å². The van der Waals surface area contributed by atoms with Crippen molar-refractivity contribution in [1.82, 2.24) is 10.3 Å². The minimum atomic E-state index is 0.229. The summed E-state index contributed by atoms with van der Waals surface area (Å²) in [6.07, 6.45) is 0.229. The molecular weight excluding hydrogens is 216 g/mol. The fraction of sp³-hybridized carbons (Fsp3) is 0.308. The van der Waals surface area contributed by atoms with Crippen LogP contribution in [0.1, 0.15) is 0 Å². The first kappa shape index (κ1) is 10.4. The zero-order valence-electron chi connectivity index (χ0n) is 9.64. The Kier molecular flexibility index (Phi) is 2.57. The first-order chi connectivity index (χ1) is 8.36. The number of pyridine rings is 1. The fourth-order valence-corrected chi connectivity index (χ4v) is 1.83. The van der Waals surface area contributed by atoms with Crippen LogP contribution in [0.3, 0.4) is 0 Å². The molecule has 0 bridgehead atoms. The summed E-state index contributed by atoms with van der Waals surface area (Å²) in [5, 5.41) is 4.24. The Hall–Kier alpha value is -1.81. The smallest absolute Gasteiger partial charge is 0.257 e. The second-order valence-electron chi connectivity index (χ2n) is 4.09. The average molecular weight is 230 g/mol. The van der Waals surface area contributed by atoms with Crippen molar-refractivity contribution in [2.45, 2.75) is 6.10 Å². The Balaban J connectivity index is 2.01. The number of nitrogens with one attached hydrogen (secondary N) is 1. The molecule has 1 saturated heterocycles. The molecule has 1 aliphatic heterocycles. The van der Waals surface area contributed by atoms with E-state index in [1.807, 2.05) is 30.3 Å². The predicted octanol–water partition coefficient (Wildman–Crippen LogP) is 1.59. The molecule has 1 aromatic carbocycles. The third-order valence-electron chi connectivity index (χ3n) is 2.89. The van der Waals surface area contributed by atoms with E-state index in [2.05, 4.69) is 10.3 Å². The van der Waals surface area contributed by atoms with E-state index in [-0.39, 0.29) is 6.10 Å². The van der Waals surface area contributed by atoms with E-state index in [0.29, 0.717) is 5.88 Å². The van der Waals surface area contributed by atoms with E-state index >= 15 is 0 Å². The van der Waals surface area contributed by atoms with Crippen LogP contribution in [0.25, 0.3) is 10.9 Å². The van der Waals surface area contributed by atoms with Gasteiger partial charge in [0.2, 0.25) is 0 Å². The molecule has 17 heavy (non-hydrogen) atoms. The molecule has 4 heteroatoms. The van der Waals surface area contributed by atoms with E-state index in [9.17, 15) is 0 Å². The monoisotopic (exact) mass is 230 g/mol. The molecule has 0 unspecified atom stereocenters. The lowest BCUT2D eigenvalue weighted by Crippen LogP contribution is -2.50. The summed E-state index contributed by atoms with van der Waals surface area (Å²) >= 11 is 0. The van der Waals surface area contributed by atoms with Gasteiger partial charge in [-0.05, 0) is 12.1 Å². The van der Waals surface area contributed by atoms with Crippen molar-refractivity contribution in [3.05, 3.63) is 30.3 Å². The molecule has 4 nitrogen and oxygen atoms in total. The van der Waals surface area contributed by atoms with Gasteiger partial charge in [-0.15, -0.1) is 0 Å². The summed E-state index contributed by atoms with van der Waals surface area (Å²) in [5.74, 6) is 1.27. The highest BCUT2D eigenvalue weighted by atomic mass is 16.5. The highest BCUT2D eigenvalue weighted by Crippen LogP contribution is 2.30. The van der Waals surface area contributed by atoms with Gasteiger partial charge < -0.3 is 14.8 Å². The summed E-state index contributed by atoms with van der Waals surface area (Å²) in [6.45, 7) is 1.77. The van der Waals surface area contributed by atoms with E-state index in [0.717, 1.165) is 29.7 Å². The molecule has 1 aromatic heterocycles. The Labute approximate surface area is 99.6 Å². The Bertz CT molecular complexity index is 538. The van der Waals surface area contributed by atoms with Crippen molar-refractivity contribution < 1.29 is 9.47 Å². The van der Waals surface area contributed by atoms with Crippen molar-refractivity contribution in [3.8, 4) is 11.6 Å². The van der Waals surface area contributed by atoms with Gasteiger partial charge in [0.25, 0.3) is 5.88 Å². The molecule has 0 amide bonds. The van der Waals surface area contributed by atoms with Crippen LogP contribution in [0.15, 0.2) is 30.3 Å². The summed E-state index contributed by atoms with van der Waals surface area (Å²) in [4.78, 5) is 4.44. The van der Waals surface area contributed by atoms with Gasteiger partial charge in [0.1, 0.15) is 6.10 Å². The van der Waals surface area contributed by atoms with Crippen molar-refractivity contribution in [2.75, 3.05) is 20.2 Å². The summed E-state index contributed by atoms with van der Waals surface area (Å²) < 4.78 is 11.1. The van der Waals surface area contributed by atoms with Crippen LogP contribution < -0.4 is 14.8 Å². The molecule has 2 heterocycles. The number of ether oxygens (including phenoxy) is 2. The maximum atomic E-state index is 5.83. The lowest BCUT2D eigenvalue weighted by molar-refractivity contribution is 0.136. The minimum Gasteiger partial charge on any atom is -0.482 e. The highest BCUT2D eigenvalue weighted by molar-refractivity contribution is 5.81. The molecule has 0 atom stereocenters. The molecule has 88 valence electrons. The number of aromatic nitrogens is 1. The molecule has 0 spiro atoms. The largest absolute Gasteiger partial charge is 0.482 e. The van der Waals surface area contributed by atoms with Crippen molar-refractivity contribution in [2.24, 2.45) is 0 Å². The van der Waals surface area contributed by atoms with Gasteiger partial charge in [-0.2, -0.15) is 0 Å². The van der Waals surface area contributed by atoms with Crippen LogP contribution in [-0.4, -0.2) is 31.3 Å². The highest BCUT2D eigenvalue weighted by Gasteiger charge is 2.20. The molecule has 2 aromatic rings. The molecule has 0 aliphatic carbocycles. The van der Waals surface area contributed by atoms with E-state index < -0.39 is 0 Å². The van der Waals surface area contributed by atoms with Gasteiger partial charge in [-0.1, -0.05) is 18.2 Å². The number of hydrogen-bond acceptors (Lipinski definition) is 4. The number of nitrogens with zero attached hydrogens (tertiary/aromatic N) is 1. The predicted molar refractivity (Wildman–Crippen MR) is 65.6 cm³/mol. The van der Waals surface area contributed by atoms with Crippen molar-refractivity contribution >= 4 is 10.9 Å². The minimum absolute atomic E-state index is 0.229. The SMILES string of the molecule is COc1nc2ccccc2cc1OC1CNC1. The van der Waals surface area contributed by atoms with Crippen molar-refractivity contribution in [3.63, 3.8) is 0 Å². The van der Waals surface area contributed by atoms with Crippen LogP contribution in [0.4, 0.5) is 0 Å². The first-order valence-electron chi connectivity index (χ1n) is 5.68. The molecule has 1 fully saturated rings.